The number of hydrogen-bond acceptors (Lipinski definition) is 7. The topological polar surface area (TPSA) is 78.1 Å². The van der Waals surface area contributed by atoms with Crippen LogP contribution < -0.4 is 24.2 Å². The number of ether oxygens (including phenoxy) is 2. The summed E-state index contributed by atoms with van der Waals surface area (Å²) >= 11 is 1.75. The summed E-state index contributed by atoms with van der Waals surface area (Å²) in [6, 6.07) is 83.0. The number of nitrogens with zero attached hydrogens (tertiary/aromatic N) is 7. The smallest absolute Gasteiger partial charge is 0.130 e. The Morgan fingerprint density at radius 1 is 0.468 bits per heavy atom. The molecule has 3 unspecified atom stereocenters. The van der Waals surface area contributed by atoms with E-state index in [4.69, 9.17) is 29.4 Å². The molecular weight excluding hydrogens is 991 g/mol. The normalized spacial score (nSPS) is 18.3. The SMILES string of the molecule is COc1ccc(N2C(=Nc3ccccc3)CC2c2ccc(COc3ccc(N4C(=Nc5ccccc5)CC4c4ccc5ccccc5c4)cc3)nc2)cc1-c1cccc(C2CC(=Nc3ccccc3)N2c2ccc(SC)cc2)c1. The standard InChI is InChI=1S/C69H57N7O2S/c1-77-66-38-33-59(41-62(66)49-17-14-18-50(40-49)63-42-67(71-53-19-6-3-7-20-53)75(63)58-31-36-61(79-2)37-32-58)76-65(44-69(76)73-55-23-10-5-11-24-55)52-27-28-56(70-45-52)46-78-60-34-29-57(30-35-60)74-64(43-68(74)72-54-21-8-4-9-22-54)51-26-25-47-15-12-13-16-48(47)39-51/h3-41,45,63-65H,42-44,46H2,1-2H3. The molecule has 0 N–H and O–H groups in total. The number of amidine groups is 3. The third-order valence-corrected chi connectivity index (χ3v) is 16.0. The van der Waals surface area contributed by atoms with Gasteiger partial charge < -0.3 is 24.2 Å². The van der Waals surface area contributed by atoms with Gasteiger partial charge in [-0.05, 0) is 161 Å². The predicted octanol–water partition coefficient (Wildman–Crippen LogP) is 17.3. The third-order valence-electron chi connectivity index (χ3n) is 15.2. The van der Waals surface area contributed by atoms with Crippen molar-refractivity contribution in [2.45, 2.75) is 48.9 Å². The molecule has 386 valence electrons. The van der Waals surface area contributed by atoms with E-state index in [9.17, 15) is 0 Å². The van der Waals surface area contributed by atoms with E-state index in [1.807, 2.05) is 72.9 Å². The van der Waals surface area contributed by atoms with Crippen LogP contribution >= 0.6 is 11.8 Å². The van der Waals surface area contributed by atoms with Crippen LogP contribution in [0.1, 0.15) is 59.8 Å². The number of aromatic nitrogens is 1. The molecule has 3 fully saturated rings. The summed E-state index contributed by atoms with van der Waals surface area (Å²) in [5, 5.41) is 2.48. The van der Waals surface area contributed by atoms with Crippen molar-refractivity contribution in [3.05, 3.63) is 265 Å². The number of para-hydroxylation sites is 3. The first-order valence-corrected chi connectivity index (χ1v) is 28.1. The molecule has 0 radical (unpaired) electrons. The van der Waals surface area contributed by atoms with Gasteiger partial charge in [-0.2, -0.15) is 0 Å². The van der Waals surface area contributed by atoms with Gasteiger partial charge in [0.25, 0.3) is 0 Å². The summed E-state index contributed by atoms with van der Waals surface area (Å²) in [5.74, 6) is 4.65. The highest BCUT2D eigenvalue weighted by atomic mass is 32.2. The molecule has 0 amide bonds. The molecule has 10 aromatic rings. The minimum Gasteiger partial charge on any atom is -0.496 e. The minimum absolute atomic E-state index is 0.0173. The number of methoxy groups -OCH3 is 1. The summed E-state index contributed by atoms with van der Waals surface area (Å²) in [5.41, 5.74) is 12.6. The fourth-order valence-electron chi connectivity index (χ4n) is 11.1. The Hall–Kier alpha value is -9.25. The number of aliphatic imine (C=N–C) groups is 3. The first-order valence-electron chi connectivity index (χ1n) is 26.9. The molecule has 3 atom stereocenters. The van der Waals surface area contributed by atoms with Crippen LogP contribution in [0.2, 0.25) is 0 Å². The highest BCUT2D eigenvalue weighted by Gasteiger charge is 2.40. The Labute approximate surface area is 465 Å². The minimum atomic E-state index is 0.0173. The van der Waals surface area contributed by atoms with E-state index >= 15 is 0 Å². The van der Waals surface area contributed by atoms with Crippen LogP contribution in [0.3, 0.4) is 0 Å². The summed E-state index contributed by atoms with van der Waals surface area (Å²) < 4.78 is 12.5. The van der Waals surface area contributed by atoms with Crippen molar-refractivity contribution >= 4 is 74.2 Å². The van der Waals surface area contributed by atoms with Crippen molar-refractivity contribution in [1.82, 2.24) is 4.98 Å². The van der Waals surface area contributed by atoms with Crippen LogP contribution in [-0.4, -0.2) is 35.9 Å². The molecule has 9 nitrogen and oxygen atoms in total. The zero-order chi connectivity index (χ0) is 53.1. The van der Waals surface area contributed by atoms with Gasteiger partial charge in [-0.15, -0.1) is 11.8 Å². The third kappa shape index (κ3) is 10.3. The van der Waals surface area contributed by atoms with Crippen LogP contribution in [0.15, 0.2) is 263 Å². The van der Waals surface area contributed by atoms with E-state index in [1.54, 1.807) is 18.9 Å². The summed E-state index contributed by atoms with van der Waals surface area (Å²) in [7, 11) is 1.75. The van der Waals surface area contributed by atoms with Gasteiger partial charge in [0, 0.05) is 53.0 Å². The number of fused-ring (bicyclic) bond motifs is 1. The molecule has 3 aliphatic heterocycles. The largest absolute Gasteiger partial charge is 0.496 e. The number of pyridine rings is 1. The molecule has 0 saturated carbocycles. The van der Waals surface area contributed by atoms with Crippen LogP contribution in [0.4, 0.5) is 34.1 Å². The maximum atomic E-state index is 6.39. The van der Waals surface area contributed by atoms with Crippen LogP contribution in [-0.2, 0) is 6.61 Å². The van der Waals surface area contributed by atoms with Crippen molar-refractivity contribution < 1.29 is 9.47 Å². The lowest BCUT2D eigenvalue weighted by Crippen LogP contribution is -2.46. The van der Waals surface area contributed by atoms with Gasteiger partial charge in [-0.3, -0.25) is 4.98 Å². The Bertz CT molecular complexity index is 3870. The van der Waals surface area contributed by atoms with E-state index in [1.165, 1.54) is 26.8 Å². The predicted molar refractivity (Wildman–Crippen MR) is 326 cm³/mol. The van der Waals surface area contributed by atoms with Gasteiger partial charge in [0.05, 0.1) is 48.0 Å². The molecular formula is C69H57N7O2S. The van der Waals surface area contributed by atoms with E-state index in [2.05, 4.69) is 191 Å². The Balaban J connectivity index is 0.740. The van der Waals surface area contributed by atoms with E-state index in [0.717, 1.165) is 105 Å². The van der Waals surface area contributed by atoms with E-state index in [0.29, 0.717) is 6.61 Å². The lowest BCUT2D eigenvalue weighted by Gasteiger charge is -2.44. The zero-order valence-corrected chi connectivity index (χ0v) is 44.8. The first kappa shape index (κ1) is 49.3. The number of benzene rings is 9. The Morgan fingerprint density at radius 2 is 0.987 bits per heavy atom. The molecule has 13 rings (SSSR count). The number of thioether (sulfide) groups is 1. The van der Waals surface area contributed by atoms with Crippen molar-refractivity contribution in [2.24, 2.45) is 15.0 Å². The fraction of sp³-hybridized carbons (Fsp3) is 0.130. The first-order chi connectivity index (χ1) is 39.0. The monoisotopic (exact) mass is 1050 g/mol. The molecule has 79 heavy (non-hydrogen) atoms. The summed E-state index contributed by atoms with van der Waals surface area (Å²) in [4.78, 5) is 28.6. The Kier molecular flexibility index (Phi) is 13.7. The second kappa shape index (κ2) is 22.0. The van der Waals surface area contributed by atoms with Crippen LogP contribution in [0.25, 0.3) is 21.9 Å². The highest BCUT2D eigenvalue weighted by molar-refractivity contribution is 7.98. The molecule has 1 aromatic heterocycles. The van der Waals surface area contributed by atoms with Gasteiger partial charge >= 0.3 is 0 Å². The van der Waals surface area contributed by atoms with Crippen molar-refractivity contribution in [2.75, 3.05) is 28.1 Å². The van der Waals surface area contributed by atoms with Crippen molar-refractivity contribution in [3.63, 3.8) is 0 Å². The maximum absolute atomic E-state index is 6.39. The van der Waals surface area contributed by atoms with E-state index in [-0.39, 0.29) is 18.1 Å². The highest BCUT2D eigenvalue weighted by Crippen LogP contribution is 2.47. The molecule has 0 spiro atoms. The molecule has 3 saturated heterocycles. The molecule has 0 bridgehead atoms. The molecule has 0 aliphatic carbocycles. The molecule has 10 heteroatoms. The van der Waals surface area contributed by atoms with Crippen LogP contribution in [0.5, 0.6) is 11.5 Å². The van der Waals surface area contributed by atoms with Gasteiger partial charge in [-0.1, -0.05) is 115 Å². The van der Waals surface area contributed by atoms with Crippen molar-refractivity contribution in [1.29, 1.82) is 0 Å². The number of rotatable bonds is 15. The summed E-state index contributed by atoms with van der Waals surface area (Å²) in [6.45, 7) is 0.337. The van der Waals surface area contributed by atoms with Gasteiger partial charge in [-0.25, -0.2) is 15.0 Å². The second-order valence-electron chi connectivity index (χ2n) is 20.0. The second-order valence-corrected chi connectivity index (χ2v) is 20.9. The van der Waals surface area contributed by atoms with Gasteiger partial charge in [0.1, 0.15) is 35.6 Å². The molecule has 3 aliphatic rings. The number of anilines is 3. The summed E-state index contributed by atoms with van der Waals surface area (Å²) in [6.07, 6.45) is 6.53. The number of hydrogen-bond donors (Lipinski definition) is 0. The quantitative estimate of drug-likeness (QED) is 0.0947. The molecule has 4 heterocycles. The zero-order valence-electron chi connectivity index (χ0n) is 44.0. The maximum Gasteiger partial charge on any atom is 0.130 e. The van der Waals surface area contributed by atoms with Crippen molar-refractivity contribution in [3.8, 4) is 22.6 Å². The average Bonchev–Trinajstić information content (AvgIpc) is 3.63. The van der Waals surface area contributed by atoms with E-state index < -0.39 is 0 Å². The Morgan fingerprint density at radius 3 is 1.56 bits per heavy atom. The van der Waals surface area contributed by atoms with Gasteiger partial charge in [0.2, 0.25) is 0 Å². The van der Waals surface area contributed by atoms with Gasteiger partial charge in [0.15, 0.2) is 0 Å². The fourth-order valence-corrected chi connectivity index (χ4v) is 11.5. The molecule has 9 aromatic carbocycles. The lowest BCUT2D eigenvalue weighted by molar-refractivity contribution is 0.301. The lowest BCUT2D eigenvalue weighted by atomic mass is 9.89. The average molecular weight is 1050 g/mol. The van der Waals surface area contributed by atoms with Crippen LogP contribution in [0, 0.1) is 0 Å².